The number of fused-ring (bicyclic) bond motifs is 8. The molecule has 0 saturated heterocycles. The minimum atomic E-state index is -2.10. The zero-order chi connectivity index (χ0) is 61.4. The molecule has 430 valence electrons. The van der Waals surface area contributed by atoms with Gasteiger partial charge in [-0.1, -0.05) is 255 Å². The van der Waals surface area contributed by atoms with Crippen LogP contribution in [0, 0.1) is 46.6 Å². The Bertz CT molecular complexity index is 4280. The van der Waals surface area contributed by atoms with E-state index in [1.165, 1.54) is 75.0 Å². The maximum Gasteiger partial charge on any atom is 0.146 e. The Kier molecular flexibility index (Phi) is 16.2. The first-order valence-corrected chi connectivity index (χ1v) is 43.2. The molecule has 0 heterocycles. The molecule has 0 N–H and O–H groups in total. The fourth-order valence-corrected chi connectivity index (χ4v) is 28.7. The van der Waals surface area contributed by atoms with Gasteiger partial charge in [-0.2, -0.15) is 0 Å². The average molecular weight is 1180 g/mol. The molecule has 11 rings (SSSR count). The predicted octanol–water partition coefficient (Wildman–Crippen LogP) is 21.9. The summed E-state index contributed by atoms with van der Waals surface area (Å²) in [5.74, 6) is 24.1. The SMILES string of the molecule is CC(C)[Si](C#Cc1c2cc3ccccc3cc2c(C#Cc2cc([Si](C)(C)C)c(C#Cc3c4cc5ccccc5cc4c(C#C[Si](C(C)C)(C(C)C)C(C)C)c4cc5ccccc5cc34)cc2[Si](C)(C)C)c2cc3ccccc3cc12)(C(C)C)C(C)C. The van der Waals surface area contributed by atoms with Gasteiger partial charge in [0.1, 0.15) is 16.1 Å². The lowest BCUT2D eigenvalue weighted by atomic mass is 9.88. The predicted molar refractivity (Wildman–Crippen MR) is 393 cm³/mol. The highest BCUT2D eigenvalue weighted by molar-refractivity contribution is 6.92. The number of hydrogen-bond donors (Lipinski definition) is 0. The first-order valence-electron chi connectivity index (χ1n) is 31.7. The Morgan fingerprint density at radius 2 is 0.430 bits per heavy atom. The molecule has 0 atom stereocenters. The van der Waals surface area contributed by atoms with Gasteiger partial charge in [0, 0.05) is 33.4 Å². The Balaban J connectivity index is 1.19. The van der Waals surface area contributed by atoms with Crippen molar-refractivity contribution in [1.29, 1.82) is 0 Å². The van der Waals surface area contributed by atoms with Crippen LogP contribution in [0.1, 0.15) is 116 Å². The van der Waals surface area contributed by atoms with Gasteiger partial charge in [-0.3, -0.25) is 0 Å². The Morgan fingerprint density at radius 1 is 0.244 bits per heavy atom. The maximum absolute atomic E-state index is 4.18. The Labute approximate surface area is 518 Å². The second-order valence-corrected chi connectivity index (χ2v) is 50.0. The van der Waals surface area contributed by atoms with Crippen LogP contribution in [-0.4, -0.2) is 32.3 Å². The normalized spacial score (nSPS) is 12.6. The Morgan fingerprint density at radius 3 is 0.605 bits per heavy atom. The largest absolute Gasteiger partial charge is 0.146 e. The molecule has 4 heteroatoms. The van der Waals surface area contributed by atoms with Crippen molar-refractivity contribution in [3.05, 3.63) is 191 Å². The zero-order valence-corrected chi connectivity index (χ0v) is 58.5. The summed E-state index contributed by atoms with van der Waals surface area (Å²) < 4.78 is 0. The van der Waals surface area contributed by atoms with Gasteiger partial charge in [-0.05, 0) is 190 Å². The molecule has 0 spiro atoms. The van der Waals surface area contributed by atoms with Crippen molar-refractivity contribution in [2.24, 2.45) is 0 Å². The fraction of sp³-hybridized carbons (Fsp3) is 0.293. The van der Waals surface area contributed by atoms with Gasteiger partial charge in [0.2, 0.25) is 0 Å². The molecular formula is C82H86Si4. The Hall–Kier alpha value is -7.39. The van der Waals surface area contributed by atoms with Crippen LogP contribution in [0.25, 0.3) is 86.2 Å². The second-order valence-electron chi connectivity index (χ2n) is 28.7. The molecule has 11 aromatic rings. The average Bonchev–Trinajstić information content (AvgIpc) is 0.769. The van der Waals surface area contributed by atoms with E-state index in [2.05, 4.69) is 327 Å². The van der Waals surface area contributed by atoms with Crippen LogP contribution in [0.3, 0.4) is 0 Å². The van der Waals surface area contributed by atoms with Crippen LogP contribution in [0.5, 0.6) is 0 Å². The van der Waals surface area contributed by atoms with E-state index in [1.807, 2.05) is 0 Å². The summed E-state index contributed by atoms with van der Waals surface area (Å²) in [4.78, 5) is 0. The van der Waals surface area contributed by atoms with Gasteiger partial charge in [-0.25, -0.2) is 0 Å². The van der Waals surface area contributed by atoms with Crippen LogP contribution >= 0.6 is 0 Å². The summed E-state index contributed by atoms with van der Waals surface area (Å²) in [6.45, 7) is 43.8. The standard InChI is InChI=1S/C82H86Si4/c1-53(2)85(54(3)4,55(5)6)41-39-71-77-47-63-31-23-19-27-59(63)43-73(77)69(74-44-60-28-20-24-32-64(60)48-78(71)74)37-35-67-51-82(84(16,17)18)68(52-81(67)83(13,14)15)36-38-70-75-45-61-29-21-25-33-65(61)49-79(75)72(40-42-86(56(7)8,57(9)10)58(11)12)80-50-66-34-26-22-30-62(66)46-76(70)80/h19-34,43-58H,1-18H3. The monoisotopic (exact) mass is 1180 g/mol. The van der Waals surface area contributed by atoms with Gasteiger partial charge >= 0.3 is 0 Å². The summed E-state index contributed by atoms with van der Waals surface area (Å²) in [6.07, 6.45) is 0. The maximum atomic E-state index is 4.18. The van der Waals surface area contributed by atoms with Gasteiger partial charge < -0.3 is 0 Å². The van der Waals surface area contributed by atoms with Crippen molar-refractivity contribution in [3.8, 4) is 46.6 Å². The third kappa shape index (κ3) is 10.7. The summed E-state index contributed by atoms with van der Waals surface area (Å²) in [5, 5.41) is 21.7. The molecular weight excluding hydrogens is 1100 g/mol. The molecule has 0 nitrogen and oxygen atoms in total. The van der Waals surface area contributed by atoms with Gasteiger partial charge in [0.05, 0.1) is 16.1 Å². The van der Waals surface area contributed by atoms with Crippen molar-refractivity contribution in [3.63, 3.8) is 0 Å². The molecule has 0 aliphatic carbocycles. The lowest BCUT2D eigenvalue weighted by Crippen LogP contribution is -2.45. The highest BCUT2D eigenvalue weighted by Gasteiger charge is 2.43. The van der Waals surface area contributed by atoms with E-state index in [0.29, 0.717) is 33.2 Å². The lowest BCUT2D eigenvalue weighted by molar-refractivity contribution is 0.838. The van der Waals surface area contributed by atoms with E-state index in [4.69, 9.17) is 0 Å². The van der Waals surface area contributed by atoms with Crippen LogP contribution < -0.4 is 10.4 Å². The van der Waals surface area contributed by atoms with Gasteiger partial charge in [0.15, 0.2) is 0 Å². The fourth-order valence-electron chi connectivity index (χ4n) is 15.2. The molecule has 11 aromatic carbocycles. The second kappa shape index (κ2) is 23.0. The molecule has 0 radical (unpaired) electrons. The van der Waals surface area contributed by atoms with E-state index in [1.54, 1.807) is 0 Å². The minimum Gasteiger partial charge on any atom is -0.125 e. The quantitative estimate of drug-likeness (QED) is 0.0808. The molecule has 86 heavy (non-hydrogen) atoms. The van der Waals surface area contributed by atoms with E-state index in [-0.39, 0.29) is 0 Å². The van der Waals surface area contributed by atoms with Crippen LogP contribution in [0.2, 0.25) is 72.5 Å². The molecule has 0 unspecified atom stereocenters. The van der Waals surface area contributed by atoms with Crippen molar-refractivity contribution in [2.75, 3.05) is 0 Å². The van der Waals surface area contributed by atoms with Crippen molar-refractivity contribution in [2.45, 2.75) is 156 Å². The molecule has 0 aromatic heterocycles. The smallest absolute Gasteiger partial charge is 0.125 e. The minimum absolute atomic E-state index is 0.516. The van der Waals surface area contributed by atoms with E-state index < -0.39 is 32.3 Å². The molecule has 0 saturated carbocycles. The van der Waals surface area contributed by atoms with E-state index in [0.717, 1.165) is 54.9 Å². The first-order chi connectivity index (χ1) is 40.8. The molecule has 0 aliphatic rings. The highest BCUT2D eigenvalue weighted by Crippen LogP contribution is 2.45. The highest BCUT2D eigenvalue weighted by atomic mass is 28.3. The van der Waals surface area contributed by atoms with Crippen molar-refractivity contribution >= 4 is 129 Å². The topological polar surface area (TPSA) is 0 Å². The van der Waals surface area contributed by atoms with Crippen LogP contribution in [-0.2, 0) is 0 Å². The first kappa shape index (κ1) is 60.3. The molecule has 0 amide bonds. The molecule has 0 fully saturated rings. The van der Waals surface area contributed by atoms with Crippen molar-refractivity contribution in [1.82, 2.24) is 0 Å². The number of benzene rings is 11. The molecule has 0 aliphatic heterocycles. The van der Waals surface area contributed by atoms with Gasteiger partial charge in [0.25, 0.3) is 0 Å². The number of hydrogen-bond acceptors (Lipinski definition) is 0. The van der Waals surface area contributed by atoms with Crippen molar-refractivity contribution < 1.29 is 0 Å². The summed E-state index contributed by atoms with van der Waals surface area (Å²) >= 11 is 0. The van der Waals surface area contributed by atoms with E-state index in [9.17, 15) is 0 Å². The number of rotatable bonds is 8. The van der Waals surface area contributed by atoms with E-state index >= 15 is 0 Å². The summed E-state index contributed by atoms with van der Waals surface area (Å²) in [7, 11) is -8.34. The zero-order valence-electron chi connectivity index (χ0n) is 54.5. The van der Waals surface area contributed by atoms with Gasteiger partial charge in [-0.15, -0.1) is 11.1 Å². The van der Waals surface area contributed by atoms with Crippen LogP contribution in [0.4, 0.5) is 0 Å². The summed E-state index contributed by atoms with van der Waals surface area (Å²) in [5.41, 5.74) is 18.1. The lowest BCUT2D eigenvalue weighted by Gasteiger charge is -2.38. The summed E-state index contributed by atoms with van der Waals surface area (Å²) in [6, 6.07) is 59.4. The van der Waals surface area contributed by atoms with Crippen LogP contribution in [0.15, 0.2) is 158 Å². The molecule has 0 bridgehead atoms. The third-order valence-electron chi connectivity index (χ3n) is 19.7. The third-order valence-corrected chi connectivity index (χ3v) is 36.3.